The van der Waals surface area contributed by atoms with Crippen molar-refractivity contribution in [3.05, 3.63) is 11.6 Å². The summed E-state index contributed by atoms with van der Waals surface area (Å²) in [5.74, 6) is 2.86. The van der Waals surface area contributed by atoms with Gasteiger partial charge in [-0.3, -0.25) is 0 Å². The molecule has 0 heteroatoms. The fraction of sp³-hybridized carbons (Fsp3) is 0.889. The summed E-state index contributed by atoms with van der Waals surface area (Å²) in [6.07, 6.45) is 12.8. The third kappa shape index (κ3) is 1.87. The summed E-state index contributed by atoms with van der Waals surface area (Å²) in [6.45, 7) is 10.0. The molecule has 0 N–H and O–H groups in total. The van der Waals surface area contributed by atoms with Gasteiger partial charge in [0.25, 0.3) is 0 Å². The zero-order valence-electron chi connectivity index (χ0n) is 12.8. The fourth-order valence-electron chi connectivity index (χ4n) is 5.52. The zero-order valence-corrected chi connectivity index (χ0v) is 12.8. The molecular formula is C18H30. The van der Waals surface area contributed by atoms with Gasteiger partial charge in [0, 0.05) is 0 Å². The molecule has 0 aromatic heterocycles. The molecule has 3 rings (SSSR count). The van der Waals surface area contributed by atoms with E-state index in [1.807, 2.05) is 5.57 Å². The van der Waals surface area contributed by atoms with Gasteiger partial charge in [0.2, 0.25) is 0 Å². The Labute approximate surface area is 113 Å². The van der Waals surface area contributed by atoms with Gasteiger partial charge in [0.15, 0.2) is 0 Å². The van der Waals surface area contributed by atoms with Crippen LogP contribution in [0, 0.1) is 28.6 Å². The van der Waals surface area contributed by atoms with E-state index in [0.717, 1.165) is 17.8 Å². The van der Waals surface area contributed by atoms with Crippen molar-refractivity contribution in [1.82, 2.24) is 0 Å². The van der Waals surface area contributed by atoms with E-state index in [2.05, 4.69) is 33.8 Å². The standard InChI is InChI=1S/C18H30/c1-13-6-5-10-18(4)15(13)8-7-14-12-17(2,3)11-9-16(14)18/h9,13-15H,5-8,10-12H2,1-4H3/t13?,14?,15?,18-/m1/s1. The number of rotatable bonds is 0. The zero-order chi connectivity index (χ0) is 13.0. The van der Waals surface area contributed by atoms with Crippen LogP contribution in [-0.4, -0.2) is 0 Å². The second-order valence-electron chi connectivity index (χ2n) is 8.40. The first kappa shape index (κ1) is 12.8. The number of fused-ring (bicyclic) bond motifs is 3. The first-order valence-electron chi connectivity index (χ1n) is 8.13. The monoisotopic (exact) mass is 246 g/mol. The van der Waals surface area contributed by atoms with Crippen LogP contribution in [0.2, 0.25) is 0 Å². The predicted octanol–water partition coefficient (Wildman–Crippen LogP) is 5.59. The van der Waals surface area contributed by atoms with Crippen molar-refractivity contribution in [3.8, 4) is 0 Å². The minimum atomic E-state index is 0.553. The average molecular weight is 246 g/mol. The van der Waals surface area contributed by atoms with Crippen LogP contribution in [0.1, 0.15) is 72.6 Å². The molecule has 0 aromatic rings. The van der Waals surface area contributed by atoms with Crippen LogP contribution in [0.15, 0.2) is 11.6 Å². The van der Waals surface area contributed by atoms with Gasteiger partial charge in [0.05, 0.1) is 0 Å². The molecule has 3 aliphatic rings. The van der Waals surface area contributed by atoms with E-state index < -0.39 is 0 Å². The molecule has 0 aromatic carbocycles. The predicted molar refractivity (Wildman–Crippen MR) is 78.4 cm³/mol. The number of hydrogen-bond donors (Lipinski definition) is 0. The van der Waals surface area contributed by atoms with Crippen molar-refractivity contribution >= 4 is 0 Å². The Morgan fingerprint density at radius 1 is 1.11 bits per heavy atom. The average Bonchev–Trinajstić information content (AvgIpc) is 2.26. The highest BCUT2D eigenvalue weighted by Crippen LogP contribution is 2.60. The quantitative estimate of drug-likeness (QED) is 0.489. The molecule has 0 amide bonds. The topological polar surface area (TPSA) is 0 Å². The lowest BCUT2D eigenvalue weighted by atomic mass is 9.50. The Hall–Kier alpha value is -0.260. The highest BCUT2D eigenvalue weighted by atomic mass is 14.5. The van der Waals surface area contributed by atoms with Gasteiger partial charge in [-0.05, 0) is 60.7 Å². The molecule has 4 atom stereocenters. The molecule has 0 nitrogen and oxygen atoms in total. The maximum atomic E-state index is 2.67. The molecule has 0 spiro atoms. The summed E-state index contributed by atoms with van der Waals surface area (Å²) in [4.78, 5) is 0. The first-order valence-corrected chi connectivity index (χ1v) is 8.13. The fourth-order valence-corrected chi connectivity index (χ4v) is 5.52. The highest BCUT2D eigenvalue weighted by Gasteiger charge is 2.49. The Bertz CT molecular complexity index is 362. The van der Waals surface area contributed by atoms with Crippen molar-refractivity contribution in [2.75, 3.05) is 0 Å². The molecule has 0 aliphatic heterocycles. The maximum absolute atomic E-state index is 2.67. The number of hydrogen-bond acceptors (Lipinski definition) is 0. The normalized spacial score (nSPS) is 46.9. The van der Waals surface area contributed by atoms with Crippen LogP contribution in [0.3, 0.4) is 0 Å². The smallest absolute Gasteiger partial charge is 0.00828 e. The summed E-state index contributed by atoms with van der Waals surface area (Å²) in [6, 6.07) is 0. The van der Waals surface area contributed by atoms with Crippen LogP contribution >= 0.6 is 0 Å². The lowest BCUT2D eigenvalue weighted by Crippen LogP contribution is -2.45. The summed E-state index contributed by atoms with van der Waals surface area (Å²) in [5, 5.41) is 0. The van der Waals surface area contributed by atoms with Gasteiger partial charge in [-0.25, -0.2) is 0 Å². The van der Waals surface area contributed by atoms with Crippen LogP contribution < -0.4 is 0 Å². The summed E-state index contributed by atoms with van der Waals surface area (Å²) in [5.41, 5.74) is 3.00. The maximum Gasteiger partial charge on any atom is -0.00828 e. The second kappa shape index (κ2) is 4.12. The Morgan fingerprint density at radius 2 is 1.89 bits per heavy atom. The van der Waals surface area contributed by atoms with Crippen LogP contribution in [0.4, 0.5) is 0 Å². The molecule has 3 unspecified atom stereocenters. The van der Waals surface area contributed by atoms with Gasteiger partial charge >= 0.3 is 0 Å². The van der Waals surface area contributed by atoms with Crippen molar-refractivity contribution in [3.63, 3.8) is 0 Å². The molecular weight excluding hydrogens is 216 g/mol. The number of allylic oxidation sites excluding steroid dienone is 2. The lowest BCUT2D eigenvalue weighted by molar-refractivity contribution is 0.0373. The van der Waals surface area contributed by atoms with E-state index in [1.54, 1.807) is 0 Å². The Balaban J connectivity index is 1.94. The van der Waals surface area contributed by atoms with Gasteiger partial charge < -0.3 is 0 Å². The summed E-state index contributed by atoms with van der Waals surface area (Å²) >= 11 is 0. The summed E-state index contributed by atoms with van der Waals surface area (Å²) < 4.78 is 0. The van der Waals surface area contributed by atoms with E-state index in [-0.39, 0.29) is 0 Å². The Kier molecular flexibility index (Phi) is 2.92. The minimum absolute atomic E-state index is 0.553. The van der Waals surface area contributed by atoms with Gasteiger partial charge in [-0.1, -0.05) is 52.2 Å². The molecule has 0 saturated heterocycles. The molecule has 3 aliphatic carbocycles. The van der Waals surface area contributed by atoms with Crippen LogP contribution in [0.25, 0.3) is 0 Å². The van der Waals surface area contributed by atoms with Crippen LogP contribution in [0.5, 0.6) is 0 Å². The molecule has 0 radical (unpaired) electrons. The molecule has 2 saturated carbocycles. The van der Waals surface area contributed by atoms with Crippen molar-refractivity contribution < 1.29 is 0 Å². The Morgan fingerprint density at radius 3 is 2.67 bits per heavy atom. The van der Waals surface area contributed by atoms with Crippen molar-refractivity contribution in [2.24, 2.45) is 28.6 Å². The molecule has 18 heavy (non-hydrogen) atoms. The van der Waals surface area contributed by atoms with E-state index in [1.165, 1.54) is 44.9 Å². The molecule has 0 heterocycles. The third-order valence-electron chi connectivity index (χ3n) is 6.46. The van der Waals surface area contributed by atoms with Crippen molar-refractivity contribution in [2.45, 2.75) is 72.6 Å². The second-order valence-corrected chi connectivity index (χ2v) is 8.40. The van der Waals surface area contributed by atoms with Gasteiger partial charge in [-0.2, -0.15) is 0 Å². The van der Waals surface area contributed by atoms with Crippen molar-refractivity contribution in [1.29, 1.82) is 0 Å². The summed E-state index contributed by atoms with van der Waals surface area (Å²) in [7, 11) is 0. The largest absolute Gasteiger partial charge is 0.0840 e. The third-order valence-corrected chi connectivity index (χ3v) is 6.46. The SMILES string of the molecule is CC1CCC[C@@]2(C)C3=CCC(C)(C)CC3CCC12. The highest BCUT2D eigenvalue weighted by molar-refractivity contribution is 5.25. The van der Waals surface area contributed by atoms with Gasteiger partial charge in [-0.15, -0.1) is 0 Å². The van der Waals surface area contributed by atoms with Gasteiger partial charge in [0.1, 0.15) is 0 Å². The minimum Gasteiger partial charge on any atom is -0.0840 e. The van der Waals surface area contributed by atoms with E-state index in [4.69, 9.17) is 0 Å². The van der Waals surface area contributed by atoms with Crippen LogP contribution in [-0.2, 0) is 0 Å². The van der Waals surface area contributed by atoms with E-state index >= 15 is 0 Å². The van der Waals surface area contributed by atoms with E-state index in [9.17, 15) is 0 Å². The first-order chi connectivity index (χ1) is 8.42. The molecule has 2 fully saturated rings. The lowest BCUT2D eigenvalue weighted by Gasteiger charge is -2.55. The molecule has 0 bridgehead atoms. The molecule has 102 valence electrons. The van der Waals surface area contributed by atoms with E-state index in [0.29, 0.717) is 10.8 Å².